The Bertz CT molecular complexity index is 82.2. The normalized spacial score (nSPS) is 9.14. The molecule has 0 aliphatic heterocycles. The van der Waals surface area contributed by atoms with Crippen molar-refractivity contribution in [1.29, 1.82) is 0 Å². The van der Waals surface area contributed by atoms with Gasteiger partial charge in [0.05, 0.1) is 0 Å². The fourth-order valence-electron chi connectivity index (χ4n) is 0.183. The van der Waals surface area contributed by atoms with Gasteiger partial charge in [-0.3, -0.25) is 12.7 Å². The average molecular weight is 93.1 g/mol. The van der Waals surface area contributed by atoms with Crippen molar-refractivity contribution in [3.05, 3.63) is 25.3 Å². The zero-order valence-corrected chi connectivity index (χ0v) is 4.04. The van der Waals surface area contributed by atoms with Gasteiger partial charge in [0.2, 0.25) is 0 Å². The molecule has 7 heavy (non-hydrogen) atoms. The van der Waals surface area contributed by atoms with Crippen LogP contribution in [0.2, 0.25) is 0 Å². The highest BCUT2D eigenvalue weighted by atomic mass is 14.7. The van der Waals surface area contributed by atoms with Crippen LogP contribution in [-0.4, -0.2) is 12.8 Å². The molecule has 0 atom stereocenters. The van der Waals surface area contributed by atoms with E-state index in [1.54, 1.807) is 0 Å². The Morgan fingerprint density at radius 1 is 1.43 bits per heavy atom. The van der Waals surface area contributed by atoms with E-state index in [1.165, 1.54) is 18.4 Å². The Morgan fingerprint density at radius 3 is 2.57 bits per heavy atom. The quantitative estimate of drug-likeness (QED) is 0.365. The van der Waals surface area contributed by atoms with E-state index in [-0.39, 0.29) is 0 Å². The van der Waals surface area contributed by atoms with Crippen molar-refractivity contribution < 1.29 is 0 Å². The molecule has 1 nitrogen and oxygen atoms in total. The second kappa shape index (κ2) is 5.15. The summed E-state index contributed by atoms with van der Waals surface area (Å²) in [6, 6.07) is 0. The maximum atomic E-state index is 4.98. The van der Waals surface area contributed by atoms with Gasteiger partial charge in [-0.2, -0.15) is 0 Å². The number of rotatable bonds is 3. The summed E-state index contributed by atoms with van der Waals surface area (Å²) in [6.45, 7) is 10.5. The van der Waals surface area contributed by atoms with Crippen LogP contribution in [0.3, 0.4) is 0 Å². The summed E-state index contributed by atoms with van der Waals surface area (Å²) >= 11 is 0. The van der Waals surface area contributed by atoms with Crippen LogP contribution in [0.5, 0.6) is 0 Å². The molecule has 0 saturated carbocycles. The lowest BCUT2D eigenvalue weighted by Crippen LogP contribution is -1.68. The Hall–Kier alpha value is -0.850. The molecule has 0 aromatic rings. The number of hydrogen-bond acceptors (Lipinski definition) is 1. The third-order valence-electron chi connectivity index (χ3n) is 0.402. The highest BCUT2D eigenvalue weighted by molar-refractivity contribution is 5.69. The maximum Gasteiger partial charge on any atom is 0.00439 e. The summed E-state index contributed by atoms with van der Waals surface area (Å²) in [4.78, 5) is 3.72. The van der Waals surface area contributed by atoms with Gasteiger partial charge in [0.25, 0.3) is 0 Å². The molecule has 0 N–H and O–H groups in total. The summed E-state index contributed by atoms with van der Waals surface area (Å²) in [5.74, 6) is 0. The molecular formula is C6H7N-2. The van der Waals surface area contributed by atoms with E-state index in [0.717, 1.165) is 0 Å². The van der Waals surface area contributed by atoms with Crippen LogP contribution in [0.4, 0.5) is 0 Å². The highest BCUT2D eigenvalue weighted by Crippen LogP contribution is 1.65. The molecule has 0 aromatic carbocycles. The Balaban J connectivity index is 3.08. The minimum atomic E-state index is 0.535. The van der Waals surface area contributed by atoms with Crippen molar-refractivity contribution in [1.82, 2.24) is 0 Å². The summed E-state index contributed by atoms with van der Waals surface area (Å²) in [6.07, 6.45) is 4.33. The largest absolute Gasteiger partial charge is 0.516 e. The average Bonchev–Trinajstić information content (AvgIpc) is 1.69. The molecule has 38 valence electrons. The van der Waals surface area contributed by atoms with Gasteiger partial charge in [-0.25, -0.2) is 6.08 Å². The first kappa shape index (κ1) is 6.15. The van der Waals surface area contributed by atoms with Gasteiger partial charge < -0.3 is 11.6 Å². The third-order valence-corrected chi connectivity index (χ3v) is 0.402. The number of allylic oxidation sites excluding steroid dienone is 1. The van der Waals surface area contributed by atoms with Gasteiger partial charge in [0.1, 0.15) is 0 Å². The molecule has 0 fully saturated rings. The van der Waals surface area contributed by atoms with Gasteiger partial charge in [-0.15, -0.1) is 6.21 Å². The smallest absolute Gasteiger partial charge is 0.00439 e. The van der Waals surface area contributed by atoms with E-state index in [1.807, 2.05) is 0 Å². The Kier molecular flexibility index (Phi) is 4.52. The molecule has 0 heterocycles. The predicted octanol–water partition coefficient (Wildman–Crippen LogP) is 1.04. The zero-order valence-electron chi connectivity index (χ0n) is 4.04. The number of hydrogen-bond donors (Lipinski definition) is 0. The molecule has 0 amide bonds. The predicted molar refractivity (Wildman–Crippen MR) is 31.1 cm³/mol. The fourth-order valence-corrected chi connectivity index (χ4v) is 0.183. The van der Waals surface area contributed by atoms with Crippen LogP contribution >= 0.6 is 0 Å². The molecule has 0 spiro atoms. The monoisotopic (exact) mass is 93.1 g/mol. The minimum Gasteiger partial charge on any atom is -0.516 e. The van der Waals surface area contributed by atoms with E-state index >= 15 is 0 Å². The van der Waals surface area contributed by atoms with Crippen LogP contribution in [0.25, 0.3) is 0 Å². The van der Waals surface area contributed by atoms with E-state index in [0.29, 0.717) is 6.54 Å². The lowest BCUT2D eigenvalue weighted by Gasteiger charge is -1.86. The van der Waals surface area contributed by atoms with Crippen molar-refractivity contribution in [3.63, 3.8) is 0 Å². The van der Waals surface area contributed by atoms with Crippen LogP contribution in [0, 0.1) is 13.2 Å². The number of aliphatic imine (C=N–C) groups is 1. The van der Waals surface area contributed by atoms with Crippen molar-refractivity contribution >= 4 is 6.21 Å². The third kappa shape index (κ3) is 5.15. The summed E-state index contributed by atoms with van der Waals surface area (Å²) < 4.78 is 0. The maximum absolute atomic E-state index is 4.98. The Labute approximate surface area is 44.1 Å². The van der Waals surface area contributed by atoms with Crippen molar-refractivity contribution in [2.45, 2.75) is 0 Å². The molecular weight excluding hydrogens is 86.1 g/mol. The van der Waals surface area contributed by atoms with E-state index in [9.17, 15) is 0 Å². The molecule has 0 aromatic heterocycles. The topological polar surface area (TPSA) is 12.4 Å². The minimum absolute atomic E-state index is 0.535. The molecule has 0 saturated heterocycles. The van der Waals surface area contributed by atoms with Crippen molar-refractivity contribution in [2.75, 3.05) is 6.54 Å². The molecule has 0 aliphatic carbocycles. The van der Waals surface area contributed by atoms with Crippen molar-refractivity contribution in [2.24, 2.45) is 4.99 Å². The molecule has 0 unspecified atom stereocenters. The SMILES string of the molecule is [CH-]=CC=NCC=[CH-]. The first-order valence-corrected chi connectivity index (χ1v) is 1.98. The molecule has 0 radical (unpaired) electrons. The van der Waals surface area contributed by atoms with Crippen molar-refractivity contribution in [3.8, 4) is 0 Å². The second-order valence-electron chi connectivity index (χ2n) is 0.942. The molecule has 0 aliphatic rings. The summed E-state index contributed by atoms with van der Waals surface area (Å²) in [5.41, 5.74) is 0. The highest BCUT2D eigenvalue weighted by Gasteiger charge is 1.47. The summed E-state index contributed by atoms with van der Waals surface area (Å²) in [7, 11) is 0. The molecule has 1 heteroatoms. The standard InChI is InChI=1S/C6H7N/c1-3-5-7-6-4-2/h1-5H,6H2/q-2. The molecule has 0 rings (SSSR count). The van der Waals surface area contributed by atoms with Crippen LogP contribution < -0.4 is 0 Å². The molecule has 0 bridgehead atoms. The lowest BCUT2D eigenvalue weighted by molar-refractivity contribution is 1.26. The first-order valence-electron chi connectivity index (χ1n) is 1.98. The van der Waals surface area contributed by atoms with Crippen LogP contribution in [0.1, 0.15) is 0 Å². The summed E-state index contributed by atoms with van der Waals surface area (Å²) in [5, 5.41) is 0. The first-order chi connectivity index (χ1) is 3.41. The lowest BCUT2D eigenvalue weighted by atomic mass is 10.6. The second-order valence-corrected chi connectivity index (χ2v) is 0.942. The van der Waals surface area contributed by atoms with Gasteiger partial charge in [-0.1, -0.05) is 0 Å². The van der Waals surface area contributed by atoms with E-state index in [4.69, 9.17) is 13.2 Å². The van der Waals surface area contributed by atoms with Gasteiger partial charge in [0.15, 0.2) is 0 Å². The Morgan fingerprint density at radius 2 is 2.14 bits per heavy atom. The number of nitrogens with zero attached hydrogens (tertiary/aromatic N) is 1. The van der Waals surface area contributed by atoms with Crippen LogP contribution in [0.15, 0.2) is 17.1 Å². The fraction of sp³-hybridized carbons (Fsp3) is 0.167. The van der Waals surface area contributed by atoms with E-state index in [2.05, 4.69) is 4.99 Å². The zero-order chi connectivity index (χ0) is 5.54. The van der Waals surface area contributed by atoms with Gasteiger partial charge in [0, 0.05) is 6.54 Å². The van der Waals surface area contributed by atoms with Crippen LogP contribution in [-0.2, 0) is 0 Å². The van der Waals surface area contributed by atoms with E-state index < -0.39 is 0 Å². The van der Waals surface area contributed by atoms with Gasteiger partial charge >= 0.3 is 0 Å². The van der Waals surface area contributed by atoms with Gasteiger partial charge in [-0.05, 0) is 0 Å².